The Bertz CT molecular complexity index is 1130. The maximum Gasteiger partial charge on any atom is 0.257 e. The summed E-state index contributed by atoms with van der Waals surface area (Å²) < 4.78 is 0. The van der Waals surface area contributed by atoms with Gasteiger partial charge in [-0.25, -0.2) is 0 Å². The number of nitrogens with one attached hydrogen (secondary N) is 2. The van der Waals surface area contributed by atoms with E-state index in [0.29, 0.717) is 10.7 Å². The molecule has 0 aromatic heterocycles. The second-order valence-electron chi connectivity index (χ2n) is 6.35. The molecule has 0 saturated heterocycles. The van der Waals surface area contributed by atoms with Crippen LogP contribution in [-0.4, -0.2) is 11.8 Å². The highest BCUT2D eigenvalue weighted by Gasteiger charge is 2.20. The van der Waals surface area contributed by atoms with Crippen molar-refractivity contribution in [1.82, 2.24) is 0 Å². The minimum atomic E-state index is -0.538. The molecule has 2 N–H and O–H groups in total. The summed E-state index contributed by atoms with van der Waals surface area (Å²) in [5.74, 6) is -0.998. The van der Waals surface area contributed by atoms with Crippen LogP contribution < -0.4 is 10.6 Å². The van der Waals surface area contributed by atoms with Crippen LogP contribution in [0.4, 0.5) is 11.4 Å². The first-order chi connectivity index (χ1) is 14.3. The van der Waals surface area contributed by atoms with E-state index in [1.54, 1.807) is 12.1 Å². The zero-order valence-electron chi connectivity index (χ0n) is 15.7. The van der Waals surface area contributed by atoms with Crippen LogP contribution in [0.5, 0.6) is 0 Å². The number of halogens is 4. The summed E-state index contributed by atoms with van der Waals surface area (Å²) in [7, 11) is 0. The van der Waals surface area contributed by atoms with Crippen LogP contribution in [0, 0.1) is 0 Å². The zero-order valence-corrected chi connectivity index (χ0v) is 18.8. The number of amides is 2. The van der Waals surface area contributed by atoms with Crippen molar-refractivity contribution in [2.45, 2.75) is 13.3 Å². The first-order valence-electron chi connectivity index (χ1n) is 8.94. The van der Waals surface area contributed by atoms with E-state index < -0.39 is 11.8 Å². The van der Waals surface area contributed by atoms with E-state index in [0.717, 1.165) is 12.0 Å². The highest BCUT2D eigenvalue weighted by Crippen LogP contribution is 2.32. The van der Waals surface area contributed by atoms with Gasteiger partial charge in [-0.1, -0.05) is 71.5 Å². The number of hydrogen-bond donors (Lipinski definition) is 2. The number of para-hydroxylation sites is 1. The second-order valence-corrected chi connectivity index (χ2v) is 8.04. The number of carbonyl (C=O) groups excluding carboxylic acids is 2. The van der Waals surface area contributed by atoms with Crippen molar-refractivity contribution in [2.24, 2.45) is 0 Å². The van der Waals surface area contributed by atoms with Crippen molar-refractivity contribution in [1.29, 1.82) is 0 Å². The monoisotopic (exact) mass is 480 g/mol. The van der Waals surface area contributed by atoms with E-state index >= 15 is 0 Å². The molecule has 0 saturated carbocycles. The Labute approximate surface area is 194 Å². The van der Waals surface area contributed by atoms with Crippen LogP contribution in [0.2, 0.25) is 20.1 Å². The summed E-state index contributed by atoms with van der Waals surface area (Å²) in [4.78, 5) is 25.8. The van der Waals surface area contributed by atoms with Gasteiger partial charge in [0, 0.05) is 15.7 Å². The summed E-state index contributed by atoms with van der Waals surface area (Å²) in [6.45, 7) is 1.99. The molecular formula is C22H16Cl4N2O2. The summed E-state index contributed by atoms with van der Waals surface area (Å²) in [5, 5.41) is 6.47. The molecule has 154 valence electrons. The van der Waals surface area contributed by atoms with Gasteiger partial charge >= 0.3 is 0 Å². The van der Waals surface area contributed by atoms with E-state index in [1.165, 1.54) is 24.3 Å². The Morgan fingerprint density at radius 3 is 2.13 bits per heavy atom. The highest BCUT2D eigenvalue weighted by molar-refractivity contribution is 6.39. The maximum absolute atomic E-state index is 13.0. The number of hydrogen-bond acceptors (Lipinski definition) is 2. The predicted molar refractivity (Wildman–Crippen MR) is 125 cm³/mol. The number of carbonyl (C=O) groups is 2. The number of anilines is 2. The van der Waals surface area contributed by atoms with Gasteiger partial charge in [-0.3, -0.25) is 9.59 Å². The molecule has 3 aromatic rings. The molecule has 3 aromatic carbocycles. The van der Waals surface area contributed by atoms with Gasteiger partial charge in [0.1, 0.15) is 0 Å². The van der Waals surface area contributed by atoms with E-state index in [4.69, 9.17) is 46.4 Å². The minimum Gasteiger partial charge on any atom is -0.322 e. The van der Waals surface area contributed by atoms with Crippen LogP contribution in [0.15, 0.2) is 54.6 Å². The fourth-order valence-electron chi connectivity index (χ4n) is 2.87. The Kier molecular flexibility index (Phi) is 7.27. The lowest BCUT2D eigenvalue weighted by Gasteiger charge is -2.15. The average molecular weight is 482 g/mol. The van der Waals surface area contributed by atoms with E-state index in [1.807, 2.05) is 25.1 Å². The zero-order chi connectivity index (χ0) is 21.8. The van der Waals surface area contributed by atoms with Crippen molar-refractivity contribution in [3.63, 3.8) is 0 Å². The Balaban J connectivity index is 1.96. The average Bonchev–Trinajstić information content (AvgIpc) is 2.70. The van der Waals surface area contributed by atoms with Crippen LogP contribution in [0.1, 0.15) is 33.2 Å². The maximum atomic E-state index is 13.0. The molecule has 0 atom stereocenters. The smallest absolute Gasteiger partial charge is 0.257 e. The molecule has 3 rings (SSSR count). The Morgan fingerprint density at radius 1 is 0.767 bits per heavy atom. The lowest BCUT2D eigenvalue weighted by molar-refractivity contribution is 0.102. The van der Waals surface area contributed by atoms with Crippen LogP contribution in [0.3, 0.4) is 0 Å². The van der Waals surface area contributed by atoms with E-state index in [2.05, 4.69) is 10.6 Å². The van der Waals surface area contributed by atoms with E-state index in [9.17, 15) is 9.59 Å². The molecule has 0 spiro atoms. The molecule has 4 nitrogen and oxygen atoms in total. The quantitative estimate of drug-likeness (QED) is 0.399. The van der Waals surface area contributed by atoms with Gasteiger partial charge in [-0.2, -0.15) is 0 Å². The predicted octanol–water partition coefficient (Wildman–Crippen LogP) is 7.37. The second kappa shape index (κ2) is 9.71. The van der Waals surface area contributed by atoms with Gasteiger partial charge < -0.3 is 10.6 Å². The van der Waals surface area contributed by atoms with Gasteiger partial charge in [-0.05, 0) is 48.4 Å². The lowest BCUT2D eigenvalue weighted by atomic mass is 10.1. The van der Waals surface area contributed by atoms with Gasteiger partial charge in [0.2, 0.25) is 0 Å². The molecule has 0 heterocycles. The first-order valence-corrected chi connectivity index (χ1v) is 10.5. The molecule has 30 heavy (non-hydrogen) atoms. The SMILES string of the molecule is CCc1ccccc1NC(=O)c1cc(Cl)cc(Cl)c1NC(=O)c1ccc(Cl)cc1Cl. The standard InChI is InChI=1S/C22H16Cl4N2O2/c1-2-12-5-3-4-6-19(12)27-22(30)16-9-14(24)11-18(26)20(16)28-21(29)15-8-7-13(23)10-17(15)25/h3-11H,2H2,1H3,(H,27,30)(H,28,29). The summed E-state index contributed by atoms with van der Waals surface area (Å²) in [5.41, 5.74) is 2.08. The largest absolute Gasteiger partial charge is 0.322 e. The fraction of sp³-hybridized carbons (Fsp3) is 0.0909. The molecule has 8 heteroatoms. The fourth-order valence-corrected chi connectivity index (χ4v) is 3.91. The lowest BCUT2D eigenvalue weighted by Crippen LogP contribution is -2.19. The molecule has 0 aliphatic rings. The summed E-state index contributed by atoms with van der Waals surface area (Å²) in [6.07, 6.45) is 0.741. The Hall–Kier alpha value is -2.24. The number of benzene rings is 3. The third-order valence-corrected chi connectivity index (χ3v) is 5.42. The Morgan fingerprint density at radius 2 is 1.43 bits per heavy atom. The summed E-state index contributed by atoms with van der Waals surface area (Å²) in [6, 6.07) is 14.8. The molecular weight excluding hydrogens is 466 g/mol. The van der Waals surface area contributed by atoms with Gasteiger partial charge in [0.05, 0.1) is 26.9 Å². The topological polar surface area (TPSA) is 58.2 Å². The molecule has 0 bridgehead atoms. The highest BCUT2D eigenvalue weighted by atomic mass is 35.5. The van der Waals surface area contributed by atoms with E-state index in [-0.39, 0.29) is 31.9 Å². The molecule has 2 amide bonds. The van der Waals surface area contributed by atoms with Crippen molar-refractivity contribution in [3.8, 4) is 0 Å². The minimum absolute atomic E-state index is 0.120. The molecule has 0 aliphatic heterocycles. The van der Waals surface area contributed by atoms with Crippen molar-refractivity contribution >= 4 is 69.6 Å². The van der Waals surface area contributed by atoms with Crippen LogP contribution >= 0.6 is 46.4 Å². The molecule has 0 aliphatic carbocycles. The van der Waals surface area contributed by atoms with Crippen LogP contribution in [0.25, 0.3) is 0 Å². The van der Waals surface area contributed by atoms with Crippen molar-refractivity contribution < 1.29 is 9.59 Å². The van der Waals surface area contributed by atoms with Gasteiger partial charge in [-0.15, -0.1) is 0 Å². The third-order valence-electron chi connectivity index (χ3n) is 4.36. The summed E-state index contributed by atoms with van der Waals surface area (Å²) >= 11 is 24.4. The number of aryl methyl sites for hydroxylation is 1. The molecule has 0 radical (unpaired) electrons. The van der Waals surface area contributed by atoms with Crippen LogP contribution in [-0.2, 0) is 6.42 Å². The van der Waals surface area contributed by atoms with Gasteiger partial charge in [0.25, 0.3) is 11.8 Å². The molecule has 0 fully saturated rings. The normalized spacial score (nSPS) is 10.6. The first kappa shape index (κ1) is 22.4. The number of rotatable bonds is 5. The van der Waals surface area contributed by atoms with Crippen molar-refractivity contribution in [2.75, 3.05) is 10.6 Å². The third kappa shape index (κ3) is 5.08. The van der Waals surface area contributed by atoms with Crippen molar-refractivity contribution in [3.05, 3.63) is 91.4 Å². The van der Waals surface area contributed by atoms with Gasteiger partial charge in [0.15, 0.2) is 0 Å². The molecule has 0 unspecified atom stereocenters.